The maximum Gasteiger partial charge on any atom is 0.320 e. The summed E-state index contributed by atoms with van der Waals surface area (Å²) in [6.45, 7) is 1.43. The van der Waals surface area contributed by atoms with Crippen molar-refractivity contribution in [3.05, 3.63) is 30.7 Å². The maximum atomic E-state index is 11.9. The Morgan fingerprint density at radius 3 is 2.75 bits per heavy atom. The fourth-order valence-corrected chi connectivity index (χ4v) is 3.35. The lowest BCUT2D eigenvalue weighted by Gasteiger charge is -2.39. The molecule has 0 spiro atoms. The first-order valence-electron chi connectivity index (χ1n) is 9.29. The van der Waals surface area contributed by atoms with E-state index in [2.05, 4.69) is 20.2 Å². The van der Waals surface area contributed by atoms with Crippen molar-refractivity contribution in [3.8, 4) is 0 Å². The monoisotopic (exact) mass is 387 g/mol. The van der Waals surface area contributed by atoms with E-state index in [1.54, 1.807) is 18.6 Å². The molecule has 1 atom stereocenters. The molecule has 150 valence electrons. The molecule has 0 radical (unpaired) electrons. The van der Waals surface area contributed by atoms with Crippen molar-refractivity contribution >= 4 is 28.5 Å². The van der Waals surface area contributed by atoms with Gasteiger partial charge < -0.3 is 26.2 Å². The largest absolute Gasteiger partial charge is 0.480 e. The van der Waals surface area contributed by atoms with Crippen LogP contribution in [0.3, 0.4) is 0 Å². The fourth-order valence-electron chi connectivity index (χ4n) is 3.35. The predicted molar refractivity (Wildman–Crippen MR) is 104 cm³/mol. The number of carboxylic acids is 1. The number of aliphatic hydroxyl groups is 1. The van der Waals surface area contributed by atoms with Gasteiger partial charge in [0.15, 0.2) is 0 Å². The molecule has 0 unspecified atom stereocenters. The van der Waals surface area contributed by atoms with E-state index in [9.17, 15) is 14.7 Å². The number of carbonyl (C=O) groups excluding carboxylic acids is 1. The number of carbonyl (C=O) groups is 2. The minimum Gasteiger partial charge on any atom is -0.480 e. The summed E-state index contributed by atoms with van der Waals surface area (Å²) in [5.74, 6) is -1.43. The highest BCUT2D eigenvalue weighted by molar-refractivity contribution is 5.90. The van der Waals surface area contributed by atoms with Gasteiger partial charge in [0.05, 0.1) is 11.1 Å². The standard InChI is InChI=1S/C19H25N5O4/c20-14(18(26)27)1-2-17(25)23-12-19(28)5-9-24(10-6-19)16-4-8-22-15-3-7-21-11-13(15)16/h3-4,7-8,11,14,28H,1-2,5-6,9-10,12,20H2,(H,23,25)(H,26,27)/t14-/m0/s1. The quantitative estimate of drug-likeness (QED) is 0.530. The van der Waals surface area contributed by atoms with Crippen molar-refractivity contribution in [2.45, 2.75) is 37.3 Å². The lowest BCUT2D eigenvalue weighted by atomic mass is 9.90. The van der Waals surface area contributed by atoms with E-state index in [1.807, 2.05) is 12.1 Å². The Kier molecular flexibility index (Phi) is 6.05. The summed E-state index contributed by atoms with van der Waals surface area (Å²) in [6.07, 6.45) is 6.36. The molecule has 0 saturated carbocycles. The van der Waals surface area contributed by atoms with Gasteiger partial charge in [-0.05, 0) is 31.4 Å². The Morgan fingerprint density at radius 2 is 2.04 bits per heavy atom. The smallest absolute Gasteiger partial charge is 0.320 e. The number of amides is 1. The molecule has 1 aliphatic heterocycles. The highest BCUT2D eigenvalue weighted by Crippen LogP contribution is 2.30. The summed E-state index contributed by atoms with van der Waals surface area (Å²) >= 11 is 0. The van der Waals surface area contributed by atoms with Gasteiger partial charge in [0.25, 0.3) is 0 Å². The van der Waals surface area contributed by atoms with E-state index in [4.69, 9.17) is 10.8 Å². The zero-order valence-electron chi connectivity index (χ0n) is 15.5. The Labute approximate surface area is 162 Å². The summed E-state index contributed by atoms with van der Waals surface area (Å²) < 4.78 is 0. The number of nitrogens with two attached hydrogens (primary N) is 1. The summed E-state index contributed by atoms with van der Waals surface area (Å²) in [6, 6.07) is 2.76. The van der Waals surface area contributed by atoms with E-state index >= 15 is 0 Å². The Hall–Kier alpha value is -2.78. The van der Waals surface area contributed by atoms with E-state index in [0.717, 1.165) is 16.6 Å². The van der Waals surface area contributed by atoms with Crippen LogP contribution in [0.25, 0.3) is 10.9 Å². The van der Waals surface area contributed by atoms with Gasteiger partial charge in [-0.1, -0.05) is 0 Å². The van der Waals surface area contributed by atoms with Crippen LogP contribution < -0.4 is 16.0 Å². The third-order valence-electron chi connectivity index (χ3n) is 5.17. The molecule has 2 aromatic heterocycles. The van der Waals surface area contributed by atoms with Crippen LogP contribution in [0, 0.1) is 0 Å². The molecule has 1 amide bonds. The first-order chi connectivity index (χ1) is 13.4. The number of nitrogens with one attached hydrogen (secondary N) is 1. The van der Waals surface area contributed by atoms with Gasteiger partial charge in [-0.25, -0.2) is 0 Å². The normalized spacial score (nSPS) is 17.3. The number of hydrogen-bond acceptors (Lipinski definition) is 7. The number of pyridine rings is 2. The molecular formula is C19H25N5O4. The van der Waals surface area contributed by atoms with Gasteiger partial charge in [0, 0.05) is 55.7 Å². The molecule has 1 saturated heterocycles. The van der Waals surface area contributed by atoms with Gasteiger partial charge >= 0.3 is 5.97 Å². The number of anilines is 1. The molecule has 0 aromatic carbocycles. The Morgan fingerprint density at radius 1 is 1.29 bits per heavy atom. The highest BCUT2D eigenvalue weighted by Gasteiger charge is 2.33. The second kappa shape index (κ2) is 8.49. The van der Waals surface area contributed by atoms with Gasteiger partial charge in [-0.3, -0.25) is 19.6 Å². The minimum absolute atomic E-state index is 0.0195. The van der Waals surface area contributed by atoms with Crippen molar-refractivity contribution in [3.63, 3.8) is 0 Å². The van der Waals surface area contributed by atoms with Crippen molar-refractivity contribution < 1.29 is 19.8 Å². The topological polar surface area (TPSA) is 142 Å². The van der Waals surface area contributed by atoms with Gasteiger partial charge in [0.2, 0.25) is 5.91 Å². The first kappa shape index (κ1) is 20.0. The van der Waals surface area contributed by atoms with Crippen LogP contribution in [0.2, 0.25) is 0 Å². The number of aliphatic carboxylic acids is 1. The van der Waals surface area contributed by atoms with E-state index in [-0.39, 0.29) is 25.3 Å². The first-order valence-corrected chi connectivity index (χ1v) is 9.29. The highest BCUT2D eigenvalue weighted by atomic mass is 16.4. The maximum absolute atomic E-state index is 11.9. The lowest BCUT2D eigenvalue weighted by molar-refractivity contribution is -0.138. The second-order valence-electron chi connectivity index (χ2n) is 7.19. The van der Waals surface area contributed by atoms with Crippen LogP contribution in [0.1, 0.15) is 25.7 Å². The molecule has 28 heavy (non-hydrogen) atoms. The SMILES string of the molecule is N[C@@H](CCC(=O)NCC1(O)CCN(c2ccnc3ccncc23)CC1)C(=O)O. The average molecular weight is 387 g/mol. The van der Waals surface area contributed by atoms with Crippen LogP contribution in [-0.2, 0) is 9.59 Å². The third kappa shape index (κ3) is 4.73. The summed E-state index contributed by atoms with van der Waals surface area (Å²) in [7, 11) is 0. The lowest BCUT2D eigenvalue weighted by Crippen LogP contribution is -2.51. The van der Waals surface area contributed by atoms with Gasteiger partial charge in [0.1, 0.15) is 6.04 Å². The molecule has 2 aromatic rings. The predicted octanol–water partition coefficient (Wildman–Crippen LogP) is 0.269. The second-order valence-corrected chi connectivity index (χ2v) is 7.19. The van der Waals surface area contributed by atoms with E-state index < -0.39 is 17.6 Å². The zero-order valence-corrected chi connectivity index (χ0v) is 15.5. The van der Waals surface area contributed by atoms with Crippen LogP contribution in [0.5, 0.6) is 0 Å². The zero-order chi connectivity index (χ0) is 20.1. The van der Waals surface area contributed by atoms with Crippen molar-refractivity contribution in [1.29, 1.82) is 0 Å². The van der Waals surface area contributed by atoms with Gasteiger partial charge in [-0.15, -0.1) is 0 Å². The number of carboxylic acid groups (broad SMARTS) is 1. The molecule has 1 fully saturated rings. The summed E-state index contributed by atoms with van der Waals surface area (Å²) in [4.78, 5) is 33.3. The van der Waals surface area contributed by atoms with Crippen LogP contribution in [0.4, 0.5) is 5.69 Å². The summed E-state index contributed by atoms with van der Waals surface area (Å²) in [5.41, 5.74) is 6.32. The third-order valence-corrected chi connectivity index (χ3v) is 5.17. The summed E-state index contributed by atoms with van der Waals surface area (Å²) in [5, 5.41) is 23.2. The molecule has 3 heterocycles. The van der Waals surface area contributed by atoms with Gasteiger partial charge in [-0.2, -0.15) is 0 Å². The number of rotatable bonds is 7. The number of fused-ring (bicyclic) bond motifs is 1. The fraction of sp³-hybridized carbons (Fsp3) is 0.474. The van der Waals surface area contributed by atoms with Crippen LogP contribution in [-0.4, -0.2) is 63.3 Å². The molecule has 9 heteroatoms. The molecule has 1 aliphatic rings. The Bertz CT molecular complexity index is 846. The Balaban J connectivity index is 1.52. The molecule has 9 nitrogen and oxygen atoms in total. The van der Waals surface area contributed by atoms with Crippen LogP contribution in [0.15, 0.2) is 30.7 Å². The molecule has 3 rings (SSSR count). The number of piperidine rings is 1. The molecular weight excluding hydrogens is 362 g/mol. The van der Waals surface area contributed by atoms with E-state index in [1.165, 1.54) is 0 Å². The van der Waals surface area contributed by atoms with Crippen molar-refractivity contribution in [2.24, 2.45) is 5.73 Å². The number of aromatic nitrogens is 2. The number of nitrogens with zero attached hydrogens (tertiary/aromatic N) is 3. The minimum atomic E-state index is -1.13. The average Bonchev–Trinajstić information content (AvgIpc) is 2.70. The van der Waals surface area contributed by atoms with Crippen molar-refractivity contribution in [2.75, 3.05) is 24.5 Å². The molecule has 5 N–H and O–H groups in total. The molecule has 0 bridgehead atoms. The number of hydrogen-bond donors (Lipinski definition) is 4. The van der Waals surface area contributed by atoms with Crippen LogP contribution >= 0.6 is 0 Å². The van der Waals surface area contributed by atoms with Crippen molar-refractivity contribution in [1.82, 2.24) is 15.3 Å². The molecule has 0 aliphatic carbocycles. The van der Waals surface area contributed by atoms with E-state index in [0.29, 0.717) is 25.9 Å².